The van der Waals surface area contributed by atoms with E-state index >= 15 is 0 Å². The number of ether oxygens (including phenoxy) is 1. The number of benzene rings is 2. The molecule has 0 aliphatic heterocycles. The van der Waals surface area contributed by atoms with E-state index in [0.29, 0.717) is 0 Å². The van der Waals surface area contributed by atoms with E-state index < -0.39 is 10.4 Å². The van der Waals surface area contributed by atoms with Crippen molar-refractivity contribution in [2.75, 3.05) is 0 Å². The standard InChI is InChI=1S/C30H46O.2H3N.H2O4S/c1-3-5-7-9-11-13-15-21-27-23-17-19-25-29(27)31-30-26-20-18-24-28(30)22-16-14-12-10-8-6-4-2;;;1-5(2,3)4/h17-20,23-26H,3-16,21-22H2,1-2H3;2*1H3;(H2,1,2,3,4). The molecule has 7 nitrogen and oxygen atoms in total. The molecular weight excluding hydrogens is 500 g/mol. The molecule has 220 valence electrons. The van der Waals surface area contributed by atoms with Crippen molar-refractivity contribution in [1.82, 2.24) is 12.3 Å². The van der Waals surface area contributed by atoms with Gasteiger partial charge in [0.15, 0.2) is 0 Å². The van der Waals surface area contributed by atoms with Crippen LogP contribution in [0, 0.1) is 0 Å². The maximum absolute atomic E-state index is 8.74. The Morgan fingerprint density at radius 3 is 1.18 bits per heavy atom. The van der Waals surface area contributed by atoms with Gasteiger partial charge in [0.2, 0.25) is 0 Å². The van der Waals surface area contributed by atoms with Crippen LogP contribution in [0.25, 0.3) is 0 Å². The van der Waals surface area contributed by atoms with Gasteiger partial charge in [0.25, 0.3) is 0 Å². The zero-order valence-electron chi connectivity index (χ0n) is 23.9. The normalized spacial score (nSPS) is 10.5. The number of rotatable bonds is 18. The zero-order chi connectivity index (χ0) is 26.5. The molecule has 0 aliphatic carbocycles. The summed E-state index contributed by atoms with van der Waals surface area (Å²) in [5.74, 6) is 2.08. The van der Waals surface area contributed by atoms with Gasteiger partial charge in [0, 0.05) is 0 Å². The highest BCUT2D eigenvalue weighted by Gasteiger charge is 2.08. The lowest BCUT2D eigenvalue weighted by Crippen LogP contribution is -1.96. The molecule has 0 saturated heterocycles. The van der Waals surface area contributed by atoms with Crippen LogP contribution in [0.5, 0.6) is 11.5 Å². The molecule has 0 fully saturated rings. The molecule has 0 amide bonds. The maximum atomic E-state index is 8.74. The lowest BCUT2D eigenvalue weighted by Gasteiger charge is -2.14. The van der Waals surface area contributed by atoms with Gasteiger partial charge < -0.3 is 17.0 Å². The van der Waals surface area contributed by atoms with Gasteiger partial charge in [-0.15, -0.1) is 0 Å². The molecule has 0 atom stereocenters. The molecular formula is C30H54N2O5S. The highest BCUT2D eigenvalue weighted by atomic mass is 32.3. The molecule has 0 aliphatic rings. The second-order valence-corrected chi connectivity index (χ2v) is 10.4. The maximum Gasteiger partial charge on any atom is 0.394 e. The third-order valence-corrected chi connectivity index (χ3v) is 6.26. The van der Waals surface area contributed by atoms with Gasteiger partial charge >= 0.3 is 10.4 Å². The van der Waals surface area contributed by atoms with Gasteiger partial charge in [-0.1, -0.05) is 127 Å². The summed E-state index contributed by atoms with van der Waals surface area (Å²) in [6.45, 7) is 4.56. The van der Waals surface area contributed by atoms with E-state index in [-0.39, 0.29) is 12.3 Å². The average molecular weight is 555 g/mol. The van der Waals surface area contributed by atoms with Crippen molar-refractivity contribution < 1.29 is 22.3 Å². The molecule has 0 bridgehead atoms. The summed E-state index contributed by atoms with van der Waals surface area (Å²) in [6, 6.07) is 17.3. The van der Waals surface area contributed by atoms with Crippen molar-refractivity contribution in [3.8, 4) is 11.5 Å². The lowest BCUT2D eigenvalue weighted by molar-refractivity contribution is 0.381. The molecule has 8 heteroatoms. The first-order chi connectivity index (χ1) is 17.3. The van der Waals surface area contributed by atoms with E-state index in [1.807, 2.05) is 0 Å². The summed E-state index contributed by atoms with van der Waals surface area (Å²) in [5.41, 5.74) is 2.70. The van der Waals surface area contributed by atoms with Gasteiger partial charge in [-0.25, -0.2) is 0 Å². The van der Waals surface area contributed by atoms with Crippen molar-refractivity contribution in [2.24, 2.45) is 0 Å². The first-order valence-corrected chi connectivity index (χ1v) is 15.3. The quantitative estimate of drug-likeness (QED) is 0.106. The average Bonchev–Trinajstić information content (AvgIpc) is 2.84. The predicted octanol–water partition coefficient (Wildman–Crippen LogP) is 9.74. The van der Waals surface area contributed by atoms with Crippen LogP contribution < -0.4 is 17.0 Å². The van der Waals surface area contributed by atoms with Crippen molar-refractivity contribution in [2.45, 2.75) is 117 Å². The molecule has 0 radical (unpaired) electrons. The molecule has 2 aromatic rings. The van der Waals surface area contributed by atoms with Crippen molar-refractivity contribution >= 4 is 10.4 Å². The minimum absolute atomic E-state index is 0. The Labute approximate surface area is 232 Å². The Hall–Kier alpha value is -1.97. The monoisotopic (exact) mass is 554 g/mol. The van der Waals surface area contributed by atoms with E-state index in [1.165, 1.54) is 101 Å². The fraction of sp³-hybridized carbons (Fsp3) is 0.600. The second kappa shape index (κ2) is 24.1. The molecule has 0 saturated carbocycles. The SMILES string of the molecule is CCCCCCCCCc1ccccc1Oc1ccccc1CCCCCCCCC.N.N.O=S(=O)(O)O. The first kappa shape index (κ1) is 38.2. The van der Waals surface area contributed by atoms with E-state index in [0.717, 1.165) is 24.3 Å². The minimum Gasteiger partial charge on any atom is -0.457 e. The summed E-state index contributed by atoms with van der Waals surface area (Å²) in [4.78, 5) is 0. The number of hydrogen-bond acceptors (Lipinski definition) is 5. The van der Waals surface area contributed by atoms with Crippen LogP contribution in [0.15, 0.2) is 48.5 Å². The molecule has 0 spiro atoms. The minimum atomic E-state index is -4.67. The topological polar surface area (TPSA) is 154 Å². The van der Waals surface area contributed by atoms with Crippen LogP contribution in [0.2, 0.25) is 0 Å². The number of hydrogen-bond donors (Lipinski definition) is 4. The molecule has 8 N–H and O–H groups in total. The Morgan fingerprint density at radius 1 is 0.553 bits per heavy atom. The fourth-order valence-corrected chi connectivity index (χ4v) is 4.28. The molecule has 2 rings (SSSR count). The Bertz CT molecular complexity index is 855. The third-order valence-electron chi connectivity index (χ3n) is 6.26. The largest absolute Gasteiger partial charge is 0.457 e. The summed E-state index contributed by atoms with van der Waals surface area (Å²) < 4.78 is 38.0. The Balaban J connectivity index is 0. The van der Waals surface area contributed by atoms with Crippen LogP contribution in [0.3, 0.4) is 0 Å². The van der Waals surface area contributed by atoms with Gasteiger partial charge in [-0.05, 0) is 48.9 Å². The van der Waals surface area contributed by atoms with Crippen LogP contribution in [-0.2, 0) is 23.2 Å². The van der Waals surface area contributed by atoms with Gasteiger partial charge in [0.1, 0.15) is 11.5 Å². The van der Waals surface area contributed by atoms with Crippen LogP contribution in [0.1, 0.15) is 115 Å². The van der Waals surface area contributed by atoms with E-state index in [2.05, 4.69) is 62.4 Å². The molecule has 0 heterocycles. The summed E-state index contributed by atoms with van der Waals surface area (Å²) in [5, 5.41) is 0. The number of aryl methyl sites for hydroxylation is 2. The smallest absolute Gasteiger partial charge is 0.394 e. The summed E-state index contributed by atoms with van der Waals surface area (Å²) in [7, 11) is -4.67. The highest BCUT2D eigenvalue weighted by molar-refractivity contribution is 7.79. The van der Waals surface area contributed by atoms with E-state index in [4.69, 9.17) is 22.3 Å². The second-order valence-electron chi connectivity index (χ2n) is 9.51. The lowest BCUT2D eigenvalue weighted by atomic mass is 10.0. The van der Waals surface area contributed by atoms with Gasteiger partial charge in [0.05, 0.1) is 0 Å². The molecule has 0 aromatic heterocycles. The highest BCUT2D eigenvalue weighted by Crippen LogP contribution is 2.30. The molecule has 38 heavy (non-hydrogen) atoms. The fourth-order valence-electron chi connectivity index (χ4n) is 4.28. The number of unbranched alkanes of at least 4 members (excludes halogenated alkanes) is 12. The van der Waals surface area contributed by atoms with Crippen LogP contribution in [0.4, 0.5) is 0 Å². The van der Waals surface area contributed by atoms with Gasteiger partial charge in [-0.2, -0.15) is 8.42 Å². The Morgan fingerprint density at radius 2 is 0.842 bits per heavy atom. The molecule has 0 unspecified atom stereocenters. The predicted molar refractivity (Wildman–Crippen MR) is 161 cm³/mol. The van der Waals surface area contributed by atoms with E-state index in [1.54, 1.807) is 0 Å². The van der Waals surface area contributed by atoms with Crippen LogP contribution in [-0.4, -0.2) is 17.5 Å². The van der Waals surface area contributed by atoms with Gasteiger partial charge in [-0.3, -0.25) is 9.11 Å². The van der Waals surface area contributed by atoms with E-state index in [9.17, 15) is 0 Å². The number of para-hydroxylation sites is 2. The van der Waals surface area contributed by atoms with Crippen molar-refractivity contribution in [1.29, 1.82) is 0 Å². The third kappa shape index (κ3) is 21.0. The van der Waals surface area contributed by atoms with Crippen LogP contribution >= 0.6 is 0 Å². The Kier molecular flexibility index (Phi) is 24.2. The molecule has 2 aromatic carbocycles. The zero-order valence-corrected chi connectivity index (χ0v) is 24.7. The first-order valence-electron chi connectivity index (χ1n) is 13.9. The summed E-state index contributed by atoms with van der Waals surface area (Å²) >= 11 is 0. The summed E-state index contributed by atoms with van der Waals surface area (Å²) in [6.07, 6.45) is 21.1. The van der Waals surface area contributed by atoms with Crippen molar-refractivity contribution in [3.63, 3.8) is 0 Å². The van der Waals surface area contributed by atoms with Crippen molar-refractivity contribution in [3.05, 3.63) is 59.7 Å².